The number of hydrogen-bond donors (Lipinski definition) is 0. The second kappa shape index (κ2) is 9.36. The molecule has 5 atom stereocenters. The Morgan fingerprint density at radius 1 is 1.18 bits per heavy atom. The van der Waals surface area contributed by atoms with Gasteiger partial charge < -0.3 is 4.74 Å². The van der Waals surface area contributed by atoms with E-state index in [0.717, 1.165) is 12.8 Å². The van der Waals surface area contributed by atoms with E-state index in [-0.39, 0.29) is 28.8 Å². The van der Waals surface area contributed by atoms with Crippen LogP contribution >= 0.6 is 0 Å². The van der Waals surface area contributed by atoms with E-state index in [1.165, 1.54) is 42.7 Å². The molecule has 0 aromatic rings. The minimum atomic E-state index is -3.16. The Kier molecular flexibility index (Phi) is 7.13. The van der Waals surface area contributed by atoms with Gasteiger partial charge in [-0.05, 0) is 61.2 Å². The zero-order valence-electron chi connectivity index (χ0n) is 21.6. The average molecular weight is 493 g/mol. The molecule has 4 rings (SSSR count). The van der Waals surface area contributed by atoms with Crippen molar-refractivity contribution in [3.05, 3.63) is 24.3 Å². The minimum Gasteiger partial charge on any atom is -0.464 e. The highest BCUT2D eigenvalue weighted by Crippen LogP contribution is 2.63. The van der Waals surface area contributed by atoms with Crippen molar-refractivity contribution < 1.29 is 17.9 Å². The van der Waals surface area contributed by atoms with Gasteiger partial charge in [0.1, 0.15) is 0 Å². The van der Waals surface area contributed by atoms with Crippen LogP contribution in [0.15, 0.2) is 24.3 Å². The highest BCUT2D eigenvalue weighted by Gasteiger charge is 2.55. The molecule has 192 valence electrons. The summed E-state index contributed by atoms with van der Waals surface area (Å²) in [5.41, 5.74) is 2.09. The van der Waals surface area contributed by atoms with Crippen molar-refractivity contribution in [3.63, 3.8) is 0 Å². The number of nitrogens with zero attached hydrogens (tertiary/aromatic N) is 2. The maximum absolute atomic E-state index is 12.7. The molecule has 34 heavy (non-hydrogen) atoms. The molecule has 3 aliphatic carbocycles. The second-order valence-electron chi connectivity index (χ2n) is 12.3. The Hall–Kier alpha value is -1.18. The molecule has 4 aliphatic rings. The summed E-state index contributed by atoms with van der Waals surface area (Å²) in [6.45, 7) is 14.0. The van der Waals surface area contributed by atoms with Crippen LogP contribution in [-0.4, -0.2) is 69.2 Å². The molecule has 1 aliphatic heterocycles. The van der Waals surface area contributed by atoms with Crippen LogP contribution in [0.25, 0.3) is 0 Å². The molecule has 0 aromatic carbocycles. The Balaban J connectivity index is 1.37. The molecule has 3 fully saturated rings. The molecule has 2 unspecified atom stereocenters. The first-order valence-electron chi connectivity index (χ1n) is 13.1. The molecule has 0 N–H and O–H groups in total. The van der Waals surface area contributed by atoms with E-state index in [9.17, 15) is 13.2 Å². The maximum Gasteiger partial charge on any atom is 0.320 e. The monoisotopic (exact) mass is 492 g/mol. The molecule has 7 heteroatoms. The van der Waals surface area contributed by atoms with Gasteiger partial charge in [-0.2, -0.15) is 4.31 Å². The fourth-order valence-electron chi connectivity index (χ4n) is 7.61. The van der Waals surface area contributed by atoms with E-state index in [1.807, 2.05) is 4.90 Å². The van der Waals surface area contributed by atoms with Crippen LogP contribution in [0, 0.1) is 28.1 Å². The van der Waals surface area contributed by atoms with Crippen molar-refractivity contribution in [1.82, 2.24) is 9.21 Å². The Labute approximate surface area is 206 Å². The van der Waals surface area contributed by atoms with Gasteiger partial charge in [-0.1, -0.05) is 44.9 Å². The van der Waals surface area contributed by atoms with Crippen LogP contribution in [0.5, 0.6) is 0 Å². The second-order valence-corrected chi connectivity index (χ2v) is 14.3. The van der Waals surface area contributed by atoms with Gasteiger partial charge in [-0.15, -0.1) is 6.58 Å². The quantitative estimate of drug-likeness (QED) is 0.410. The molecule has 0 bridgehead atoms. The van der Waals surface area contributed by atoms with Crippen LogP contribution in [0.4, 0.5) is 0 Å². The lowest BCUT2D eigenvalue weighted by atomic mass is 9.46. The van der Waals surface area contributed by atoms with E-state index in [2.05, 4.69) is 39.5 Å². The van der Waals surface area contributed by atoms with Crippen molar-refractivity contribution in [2.75, 3.05) is 45.6 Å². The van der Waals surface area contributed by atoms with Gasteiger partial charge in [0, 0.05) is 31.6 Å². The van der Waals surface area contributed by atoms with Crippen LogP contribution in [0.2, 0.25) is 0 Å². The molecule has 0 spiro atoms. The molecule has 1 heterocycles. The summed E-state index contributed by atoms with van der Waals surface area (Å²) in [4.78, 5) is 14.7. The Morgan fingerprint density at radius 2 is 1.88 bits per heavy atom. The number of carbonyl (C=O) groups excluding carboxylic acids is 1. The van der Waals surface area contributed by atoms with E-state index in [0.29, 0.717) is 44.6 Å². The fraction of sp³-hybridized carbons (Fsp3) is 0.815. The van der Waals surface area contributed by atoms with Gasteiger partial charge in [0.2, 0.25) is 10.0 Å². The third-order valence-corrected chi connectivity index (χ3v) is 11.0. The first-order valence-corrected chi connectivity index (χ1v) is 14.9. The highest BCUT2D eigenvalue weighted by atomic mass is 32.2. The number of ether oxygens (including phenoxy) is 1. The predicted octanol–water partition coefficient (Wildman–Crippen LogP) is 4.24. The van der Waals surface area contributed by atoms with Gasteiger partial charge in [0.05, 0.1) is 19.4 Å². The fourth-order valence-corrected chi connectivity index (χ4v) is 8.44. The first-order chi connectivity index (χ1) is 15.9. The lowest BCUT2D eigenvalue weighted by molar-refractivity contribution is -0.154. The zero-order chi connectivity index (χ0) is 24.8. The third-order valence-electron chi connectivity index (χ3n) is 9.67. The van der Waals surface area contributed by atoms with Gasteiger partial charge in [-0.25, -0.2) is 8.42 Å². The molecule has 0 radical (unpaired) electrons. The van der Waals surface area contributed by atoms with Crippen molar-refractivity contribution >= 4 is 16.0 Å². The number of rotatable bonds is 6. The standard InChI is InChI=1S/C27H44N2O4S/c1-6-25(2)13-10-22-21(18-25)8-9-23-26(3,11-7-12-27(22,23)4)20-33-24(30)19-28-14-16-29(17-15-28)34(5,31)32/h6,10,21,23H,1,7-9,11-20H2,2-5H3/t21?,23?,25-,26-,27-/m1/s1. The maximum atomic E-state index is 12.7. The first kappa shape index (κ1) is 25.9. The number of carbonyl (C=O) groups is 1. The number of fused-ring (bicyclic) bond motifs is 3. The van der Waals surface area contributed by atoms with Crippen molar-refractivity contribution in [3.8, 4) is 0 Å². The Bertz CT molecular complexity index is 938. The molecule has 0 aromatic heterocycles. The van der Waals surface area contributed by atoms with E-state index in [1.54, 1.807) is 5.57 Å². The summed E-state index contributed by atoms with van der Waals surface area (Å²) >= 11 is 0. The molecule has 2 saturated carbocycles. The Morgan fingerprint density at radius 3 is 2.53 bits per heavy atom. The normalized spacial score (nSPS) is 39.5. The lowest BCUT2D eigenvalue weighted by Gasteiger charge is -2.59. The molecular weight excluding hydrogens is 448 g/mol. The molecule has 6 nitrogen and oxygen atoms in total. The predicted molar refractivity (Wildman–Crippen MR) is 136 cm³/mol. The van der Waals surface area contributed by atoms with Crippen LogP contribution < -0.4 is 0 Å². The largest absolute Gasteiger partial charge is 0.464 e. The molecular formula is C27H44N2O4S. The lowest BCUT2D eigenvalue weighted by Crippen LogP contribution is -2.52. The summed E-state index contributed by atoms with van der Waals surface area (Å²) in [7, 11) is -3.16. The third kappa shape index (κ3) is 5.03. The topological polar surface area (TPSA) is 66.9 Å². The van der Waals surface area contributed by atoms with E-state index < -0.39 is 10.0 Å². The molecule has 0 amide bonds. The van der Waals surface area contributed by atoms with Crippen molar-refractivity contribution in [1.29, 1.82) is 0 Å². The van der Waals surface area contributed by atoms with E-state index >= 15 is 0 Å². The number of esters is 1. The number of sulfonamides is 1. The zero-order valence-corrected chi connectivity index (χ0v) is 22.5. The SMILES string of the molecule is C=C[C@]1(C)CC=C2C(CCC3[C@@](C)(COC(=O)CN4CCN(S(C)(=O)=O)CC4)CCC[C@]23C)C1. The summed E-state index contributed by atoms with van der Waals surface area (Å²) in [5, 5.41) is 0. The summed E-state index contributed by atoms with van der Waals surface area (Å²) in [6, 6.07) is 0. The minimum absolute atomic E-state index is 0.00262. The number of piperazine rings is 1. The molecule has 1 saturated heterocycles. The summed E-state index contributed by atoms with van der Waals surface area (Å²) in [5.74, 6) is 1.01. The van der Waals surface area contributed by atoms with Crippen LogP contribution in [0.1, 0.15) is 65.7 Å². The number of hydrogen-bond acceptors (Lipinski definition) is 5. The highest BCUT2D eigenvalue weighted by molar-refractivity contribution is 7.88. The number of allylic oxidation sites excluding steroid dienone is 3. The van der Waals surface area contributed by atoms with Crippen molar-refractivity contribution in [2.45, 2.75) is 65.7 Å². The average Bonchev–Trinajstić information content (AvgIpc) is 2.77. The van der Waals surface area contributed by atoms with Gasteiger partial charge in [-0.3, -0.25) is 9.69 Å². The van der Waals surface area contributed by atoms with Crippen LogP contribution in [-0.2, 0) is 19.6 Å². The summed E-state index contributed by atoms with van der Waals surface area (Å²) in [6.07, 6.45) is 14.2. The summed E-state index contributed by atoms with van der Waals surface area (Å²) < 4.78 is 30.8. The van der Waals surface area contributed by atoms with Crippen molar-refractivity contribution in [2.24, 2.45) is 28.1 Å². The smallest absolute Gasteiger partial charge is 0.320 e. The van der Waals surface area contributed by atoms with E-state index in [4.69, 9.17) is 4.74 Å². The van der Waals surface area contributed by atoms with Gasteiger partial charge in [0.15, 0.2) is 0 Å². The van der Waals surface area contributed by atoms with Gasteiger partial charge >= 0.3 is 5.97 Å². The van der Waals surface area contributed by atoms with Gasteiger partial charge in [0.25, 0.3) is 0 Å². The van der Waals surface area contributed by atoms with Crippen LogP contribution in [0.3, 0.4) is 0 Å².